The summed E-state index contributed by atoms with van der Waals surface area (Å²) in [5.41, 5.74) is 1.70. The van der Waals surface area contributed by atoms with E-state index in [4.69, 9.17) is 10.2 Å². The van der Waals surface area contributed by atoms with Crippen molar-refractivity contribution in [2.24, 2.45) is 0 Å². The molecule has 1 atom stereocenters. The molecule has 0 heterocycles. The van der Waals surface area contributed by atoms with Gasteiger partial charge in [0.25, 0.3) is 0 Å². The number of amides is 2. The molecule has 18 heavy (non-hydrogen) atoms. The molecule has 1 aromatic rings. The second-order valence-corrected chi connectivity index (χ2v) is 3.92. The third kappa shape index (κ3) is 3.46. The molecule has 0 saturated carbocycles. The van der Waals surface area contributed by atoms with E-state index in [-0.39, 0.29) is 0 Å². The maximum absolute atomic E-state index is 11.7. The molecule has 0 aliphatic heterocycles. The monoisotopic (exact) mass is 252 g/mol. The summed E-state index contributed by atoms with van der Waals surface area (Å²) in [5, 5.41) is 19.8. The predicted octanol–water partition coefficient (Wildman–Crippen LogP) is 0.586. The van der Waals surface area contributed by atoms with E-state index in [1.54, 1.807) is 12.1 Å². The molecule has 0 fully saturated rings. The Balaban J connectivity index is 2.72. The Morgan fingerprint density at radius 2 is 1.89 bits per heavy atom. The second-order valence-electron chi connectivity index (χ2n) is 3.92. The van der Waals surface area contributed by atoms with Crippen molar-refractivity contribution >= 4 is 17.7 Å². The van der Waals surface area contributed by atoms with Crippen molar-refractivity contribution in [2.75, 3.05) is 18.6 Å². The number of aryl methyl sites for hydroxylation is 1. The van der Waals surface area contributed by atoms with Crippen LogP contribution in [-0.4, -0.2) is 41.9 Å². The second kappa shape index (κ2) is 6.02. The van der Waals surface area contributed by atoms with Gasteiger partial charge in [-0.15, -0.1) is 0 Å². The molecule has 6 nitrogen and oxygen atoms in total. The maximum Gasteiger partial charge on any atom is 0.328 e. The number of nitrogens with one attached hydrogen (secondary N) is 1. The Labute approximate surface area is 105 Å². The number of urea groups is 1. The summed E-state index contributed by atoms with van der Waals surface area (Å²) in [6.45, 7) is 1.28. The van der Waals surface area contributed by atoms with Crippen LogP contribution in [0.3, 0.4) is 0 Å². The number of aliphatic hydroxyl groups excluding tert-OH is 1. The lowest BCUT2D eigenvalue weighted by atomic mass is 10.2. The van der Waals surface area contributed by atoms with E-state index < -0.39 is 24.6 Å². The molecule has 0 radical (unpaired) electrons. The van der Waals surface area contributed by atoms with Crippen LogP contribution in [0, 0.1) is 6.92 Å². The summed E-state index contributed by atoms with van der Waals surface area (Å²) in [5.74, 6) is -1.27. The molecule has 0 bridgehead atoms. The van der Waals surface area contributed by atoms with Crippen molar-refractivity contribution in [1.29, 1.82) is 0 Å². The Kier molecular flexibility index (Phi) is 4.67. The molecule has 3 N–H and O–H groups in total. The van der Waals surface area contributed by atoms with Crippen LogP contribution in [0.5, 0.6) is 0 Å². The van der Waals surface area contributed by atoms with E-state index in [9.17, 15) is 9.59 Å². The smallest absolute Gasteiger partial charge is 0.328 e. The number of hydrogen-bond acceptors (Lipinski definition) is 3. The molecule has 1 unspecified atom stereocenters. The number of benzene rings is 1. The quantitative estimate of drug-likeness (QED) is 0.731. The van der Waals surface area contributed by atoms with Crippen molar-refractivity contribution in [3.63, 3.8) is 0 Å². The van der Waals surface area contributed by atoms with Gasteiger partial charge in [0, 0.05) is 12.7 Å². The zero-order chi connectivity index (χ0) is 13.7. The van der Waals surface area contributed by atoms with Crippen LogP contribution in [0.25, 0.3) is 0 Å². The molecule has 0 aliphatic rings. The number of aliphatic hydroxyl groups is 1. The van der Waals surface area contributed by atoms with Crippen LogP contribution in [0.1, 0.15) is 5.56 Å². The Morgan fingerprint density at radius 1 is 1.33 bits per heavy atom. The largest absolute Gasteiger partial charge is 0.480 e. The van der Waals surface area contributed by atoms with Gasteiger partial charge in [-0.25, -0.2) is 9.59 Å². The lowest BCUT2D eigenvalue weighted by molar-refractivity contribution is -0.140. The number of hydrogen-bond donors (Lipinski definition) is 3. The van der Waals surface area contributed by atoms with Gasteiger partial charge in [-0.1, -0.05) is 17.7 Å². The number of aliphatic carboxylic acids is 1. The Morgan fingerprint density at radius 3 is 2.33 bits per heavy atom. The van der Waals surface area contributed by atoms with Crippen LogP contribution in [0.15, 0.2) is 24.3 Å². The highest BCUT2D eigenvalue weighted by Gasteiger charge is 2.21. The first-order valence-corrected chi connectivity index (χ1v) is 5.40. The zero-order valence-corrected chi connectivity index (χ0v) is 10.3. The van der Waals surface area contributed by atoms with E-state index in [1.807, 2.05) is 19.1 Å². The molecule has 1 rings (SSSR count). The third-order valence-electron chi connectivity index (χ3n) is 2.50. The van der Waals surface area contributed by atoms with Gasteiger partial charge >= 0.3 is 12.0 Å². The lowest BCUT2D eigenvalue weighted by Crippen LogP contribution is -2.48. The van der Waals surface area contributed by atoms with Crippen LogP contribution < -0.4 is 10.2 Å². The van der Waals surface area contributed by atoms with Crippen molar-refractivity contribution in [3.05, 3.63) is 29.8 Å². The van der Waals surface area contributed by atoms with Crippen molar-refractivity contribution < 1.29 is 19.8 Å². The van der Waals surface area contributed by atoms with Crippen molar-refractivity contribution in [2.45, 2.75) is 13.0 Å². The molecular weight excluding hydrogens is 236 g/mol. The fourth-order valence-corrected chi connectivity index (χ4v) is 1.32. The molecule has 2 amide bonds. The minimum Gasteiger partial charge on any atom is -0.480 e. The summed E-state index contributed by atoms with van der Waals surface area (Å²) < 4.78 is 0. The van der Waals surface area contributed by atoms with Crippen LogP contribution in [0.2, 0.25) is 0 Å². The van der Waals surface area contributed by atoms with E-state index in [0.29, 0.717) is 5.69 Å². The molecular formula is C12H16N2O4. The standard InChI is InChI=1S/C12H16N2O4/c1-8-3-5-9(6-4-8)14(2)12(18)13-10(7-15)11(16)17/h3-6,10,15H,7H2,1-2H3,(H,13,18)(H,16,17). The first-order chi connectivity index (χ1) is 8.45. The number of nitrogens with zero attached hydrogens (tertiary/aromatic N) is 1. The third-order valence-corrected chi connectivity index (χ3v) is 2.50. The van der Waals surface area contributed by atoms with Crippen LogP contribution in [0.4, 0.5) is 10.5 Å². The number of carbonyl (C=O) groups is 2. The van der Waals surface area contributed by atoms with Gasteiger partial charge in [0.2, 0.25) is 0 Å². The highest BCUT2D eigenvalue weighted by atomic mass is 16.4. The maximum atomic E-state index is 11.7. The van der Waals surface area contributed by atoms with E-state index in [0.717, 1.165) is 5.56 Å². The van der Waals surface area contributed by atoms with Gasteiger partial charge in [-0.05, 0) is 19.1 Å². The van der Waals surface area contributed by atoms with Crippen molar-refractivity contribution in [1.82, 2.24) is 5.32 Å². The topological polar surface area (TPSA) is 89.9 Å². The number of rotatable bonds is 4. The van der Waals surface area contributed by atoms with Gasteiger partial charge in [-0.3, -0.25) is 4.90 Å². The minimum atomic E-state index is -1.30. The Hall–Kier alpha value is -2.08. The first kappa shape index (κ1) is 14.0. The van der Waals surface area contributed by atoms with E-state index in [1.165, 1.54) is 11.9 Å². The lowest BCUT2D eigenvalue weighted by Gasteiger charge is -2.20. The Bertz CT molecular complexity index is 430. The van der Waals surface area contributed by atoms with Gasteiger partial charge in [0.1, 0.15) is 0 Å². The molecule has 0 aromatic heterocycles. The minimum absolute atomic E-state index is 0.583. The average Bonchev–Trinajstić information content (AvgIpc) is 2.35. The van der Waals surface area contributed by atoms with Gasteiger partial charge in [0.05, 0.1) is 6.61 Å². The molecule has 98 valence electrons. The first-order valence-electron chi connectivity index (χ1n) is 5.40. The average molecular weight is 252 g/mol. The summed E-state index contributed by atoms with van der Waals surface area (Å²) in [6.07, 6.45) is 0. The molecule has 0 spiro atoms. The molecule has 0 aliphatic carbocycles. The fraction of sp³-hybridized carbons (Fsp3) is 0.333. The SMILES string of the molecule is Cc1ccc(N(C)C(=O)NC(CO)C(=O)O)cc1. The van der Waals surface area contributed by atoms with Crippen LogP contribution >= 0.6 is 0 Å². The van der Waals surface area contributed by atoms with Gasteiger partial charge < -0.3 is 15.5 Å². The fourth-order valence-electron chi connectivity index (χ4n) is 1.32. The predicted molar refractivity (Wildman–Crippen MR) is 66.6 cm³/mol. The van der Waals surface area contributed by atoms with Crippen LogP contribution in [-0.2, 0) is 4.79 Å². The molecule has 0 saturated heterocycles. The summed E-state index contributed by atoms with van der Waals surface area (Å²) in [7, 11) is 1.52. The van der Waals surface area contributed by atoms with E-state index in [2.05, 4.69) is 5.32 Å². The highest BCUT2D eigenvalue weighted by molar-refractivity contribution is 5.94. The number of carbonyl (C=O) groups excluding carboxylic acids is 1. The zero-order valence-electron chi connectivity index (χ0n) is 10.3. The van der Waals surface area contributed by atoms with Gasteiger partial charge in [0.15, 0.2) is 6.04 Å². The van der Waals surface area contributed by atoms with Crippen molar-refractivity contribution in [3.8, 4) is 0 Å². The number of carboxylic acids is 1. The summed E-state index contributed by atoms with van der Waals surface area (Å²) in [4.78, 5) is 23.7. The molecule has 6 heteroatoms. The van der Waals surface area contributed by atoms with Gasteiger partial charge in [-0.2, -0.15) is 0 Å². The normalized spacial score (nSPS) is 11.7. The summed E-state index contributed by atoms with van der Waals surface area (Å²) >= 11 is 0. The summed E-state index contributed by atoms with van der Waals surface area (Å²) in [6, 6.07) is 5.32. The highest BCUT2D eigenvalue weighted by Crippen LogP contribution is 2.13. The number of anilines is 1. The van der Waals surface area contributed by atoms with E-state index >= 15 is 0 Å². The number of carboxylic acid groups (broad SMARTS) is 1. The molecule has 1 aromatic carbocycles.